The van der Waals surface area contributed by atoms with Crippen LogP contribution < -0.4 is 0 Å². The van der Waals surface area contributed by atoms with E-state index in [2.05, 4.69) is 0 Å². The van der Waals surface area contributed by atoms with Crippen LogP contribution in [0, 0.1) is 0 Å². The van der Waals surface area contributed by atoms with E-state index < -0.39 is 23.3 Å². The van der Waals surface area contributed by atoms with E-state index in [9.17, 15) is 24.6 Å². The average molecular weight is 400 g/mol. The Morgan fingerprint density at radius 1 is 0.833 bits per heavy atom. The summed E-state index contributed by atoms with van der Waals surface area (Å²) >= 11 is 0. The summed E-state index contributed by atoms with van der Waals surface area (Å²) < 4.78 is 5.17. The van der Waals surface area contributed by atoms with Crippen LogP contribution in [0.5, 0.6) is 11.5 Å². The van der Waals surface area contributed by atoms with E-state index in [0.717, 1.165) is 5.56 Å². The molecule has 30 heavy (non-hydrogen) atoms. The van der Waals surface area contributed by atoms with Crippen molar-refractivity contribution >= 4 is 23.6 Å². The number of aromatic hydroxyl groups is 2. The van der Waals surface area contributed by atoms with Crippen LogP contribution >= 0.6 is 0 Å². The molecule has 1 aliphatic rings. The largest absolute Gasteiger partial charge is 0.507 e. The lowest BCUT2D eigenvalue weighted by Gasteiger charge is -2.20. The van der Waals surface area contributed by atoms with Gasteiger partial charge in [0.25, 0.3) is 0 Å². The molecule has 0 atom stereocenters. The Bertz CT molecular complexity index is 1210. The Hall–Kier alpha value is -4.19. The van der Waals surface area contributed by atoms with Crippen LogP contribution in [-0.2, 0) is 16.1 Å². The van der Waals surface area contributed by atoms with Gasteiger partial charge in [-0.1, -0.05) is 42.5 Å². The highest BCUT2D eigenvalue weighted by Gasteiger charge is 2.34. The molecule has 148 valence electrons. The quantitative estimate of drug-likeness (QED) is 0.401. The van der Waals surface area contributed by atoms with E-state index >= 15 is 0 Å². The summed E-state index contributed by atoms with van der Waals surface area (Å²) in [5.74, 6) is -2.45. The Kier molecular flexibility index (Phi) is 4.90. The van der Waals surface area contributed by atoms with Gasteiger partial charge in [0.1, 0.15) is 18.1 Å². The van der Waals surface area contributed by atoms with Crippen molar-refractivity contribution in [2.75, 3.05) is 0 Å². The first-order chi connectivity index (χ1) is 14.5. The molecule has 0 fully saturated rings. The highest BCUT2D eigenvalue weighted by Crippen LogP contribution is 2.37. The standard InChI is InChI=1S/C24H16O6/c25-18-8-4-7-16-21(18)24(29)22-17(23(16)28)11-15(12-19(22)26)13-30-20(27)10-9-14-5-2-1-3-6-14/h1-12,25-26H,13H2/b10-9+. The maximum absolute atomic E-state index is 12.8. The van der Waals surface area contributed by atoms with Gasteiger partial charge in [-0.2, -0.15) is 0 Å². The summed E-state index contributed by atoms with van der Waals surface area (Å²) in [5, 5.41) is 20.3. The highest BCUT2D eigenvalue weighted by atomic mass is 16.5. The predicted octanol–water partition coefficient (Wildman–Crippen LogP) is 3.63. The van der Waals surface area contributed by atoms with Crippen molar-refractivity contribution in [3.63, 3.8) is 0 Å². The van der Waals surface area contributed by atoms with E-state index in [-0.39, 0.29) is 34.6 Å². The molecule has 0 heterocycles. The van der Waals surface area contributed by atoms with Gasteiger partial charge >= 0.3 is 5.97 Å². The molecule has 0 amide bonds. The van der Waals surface area contributed by atoms with Crippen LogP contribution in [0.2, 0.25) is 0 Å². The van der Waals surface area contributed by atoms with E-state index in [1.165, 1.54) is 36.4 Å². The number of ether oxygens (including phenoxy) is 1. The molecule has 0 spiro atoms. The predicted molar refractivity (Wildman–Crippen MR) is 108 cm³/mol. The molecular weight excluding hydrogens is 384 g/mol. The number of rotatable bonds is 4. The van der Waals surface area contributed by atoms with E-state index in [1.807, 2.05) is 30.3 Å². The first-order valence-corrected chi connectivity index (χ1v) is 9.13. The monoisotopic (exact) mass is 400 g/mol. The zero-order valence-electron chi connectivity index (χ0n) is 15.7. The zero-order valence-corrected chi connectivity index (χ0v) is 15.7. The molecule has 1 aliphatic carbocycles. The first kappa shape index (κ1) is 19.1. The van der Waals surface area contributed by atoms with Crippen LogP contribution in [0.15, 0.2) is 66.7 Å². The minimum absolute atomic E-state index is 0.00368. The number of hydrogen-bond acceptors (Lipinski definition) is 6. The fraction of sp³-hybridized carbons (Fsp3) is 0.0417. The van der Waals surface area contributed by atoms with E-state index in [0.29, 0.717) is 5.56 Å². The summed E-state index contributed by atoms with van der Waals surface area (Å²) in [4.78, 5) is 37.5. The van der Waals surface area contributed by atoms with Gasteiger partial charge in [0, 0.05) is 17.2 Å². The lowest BCUT2D eigenvalue weighted by Crippen LogP contribution is -2.21. The number of phenolic OH excluding ortho intramolecular Hbond substituents is 2. The lowest BCUT2D eigenvalue weighted by atomic mass is 9.82. The molecule has 0 unspecified atom stereocenters. The molecule has 0 radical (unpaired) electrons. The number of benzene rings is 3. The minimum Gasteiger partial charge on any atom is -0.507 e. The number of carbonyl (C=O) groups excluding carboxylic acids is 3. The van der Waals surface area contributed by atoms with Gasteiger partial charge < -0.3 is 14.9 Å². The minimum atomic E-state index is -0.635. The third-order valence-corrected chi connectivity index (χ3v) is 4.76. The Morgan fingerprint density at radius 2 is 1.57 bits per heavy atom. The van der Waals surface area contributed by atoms with Crippen molar-refractivity contribution in [1.82, 2.24) is 0 Å². The summed E-state index contributed by atoms with van der Waals surface area (Å²) in [6.45, 7) is -0.187. The van der Waals surface area contributed by atoms with Crippen molar-refractivity contribution in [2.24, 2.45) is 0 Å². The van der Waals surface area contributed by atoms with Gasteiger partial charge in [-0.15, -0.1) is 0 Å². The fourth-order valence-corrected chi connectivity index (χ4v) is 3.36. The molecule has 3 aromatic rings. The first-order valence-electron chi connectivity index (χ1n) is 9.13. The molecule has 0 bridgehead atoms. The van der Waals surface area contributed by atoms with Gasteiger partial charge in [-0.05, 0) is 35.4 Å². The maximum atomic E-state index is 12.8. The maximum Gasteiger partial charge on any atom is 0.331 e. The fourth-order valence-electron chi connectivity index (χ4n) is 3.36. The van der Waals surface area contributed by atoms with E-state index in [4.69, 9.17) is 4.74 Å². The average Bonchev–Trinajstić information content (AvgIpc) is 2.74. The van der Waals surface area contributed by atoms with Gasteiger partial charge in [0.15, 0.2) is 5.78 Å². The van der Waals surface area contributed by atoms with Crippen molar-refractivity contribution in [1.29, 1.82) is 0 Å². The number of ketones is 2. The number of esters is 1. The molecular formula is C24H16O6. The number of carbonyl (C=O) groups is 3. The molecule has 2 N–H and O–H groups in total. The van der Waals surface area contributed by atoms with Gasteiger partial charge in [0.05, 0.1) is 11.1 Å². The molecule has 0 aromatic heterocycles. The Labute approximate surface area is 171 Å². The third-order valence-electron chi connectivity index (χ3n) is 4.76. The van der Waals surface area contributed by atoms with Crippen molar-refractivity contribution in [3.8, 4) is 11.5 Å². The normalized spacial score (nSPS) is 12.5. The molecule has 0 saturated heterocycles. The SMILES string of the molecule is O=C(/C=C/c1ccccc1)OCc1cc(O)c2c(c1)C(=O)c1cccc(O)c1C2=O. The van der Waals surface area contributed by atoms with Crippen molar-refractivity contribution < 1.29 is 29.3 Å². The molecule has 0 saturated carbocycles. The van der Waals surface area contributed by atoms with E-state index in [1.54, 1.807) is 6.08 Å². The Balaban J connectivity index is 1.56. The highest BCUT2D eigenvalue weighted by molar-refractivity contribution is 6.30. The van der Waals surface area contributed by atoms with Crippen LogP contribution in [0.3, 0.4) is 0 Å². The zero-order chi connectivity index (χ0) is 21.3. The summed E-state index contributed by atoms with van der Waals surface area (Å²) in [7, 11) is 0. The number of hydrogen-bond donors (Lipinski definition) is 2. The van der Waals surface area contributed by atoms with Crippen LogP contribution in [0.25, 0.3) is 6.08 Å². The third kappa shape index (κ3) is 3.46. The van der Waals surface area contributed by atoms with Gasteiger partial charge in [0.2, 0.25) is 5.78 Å². The topological polar surface area (TPSA) is 101 Å². The second kappa shape index (κ2) is 7.67. The smallest absolute Gasteiger partial charge is 0.331 e. The molecule has 4 rings (SSSR count). The molecule has 6 heteroatoms. The molecule has 0 aliphatic heterocycles. The number of fused-ring (bicyclic) bond motifs is 2. The summed E-state index contributed by atoms with van der Waals surface area (Å²) in [5.41, 5.74) is 0.962. The number of phenols is 2. The van der Waals surface area contributed by atoms with Crippen molar-refractivity contribution in [3.05, 3.63) is 100 Å². The second-order valence-electron chi connectivity index (χ2n) is 6.75. The molecule has 6 nitrogen and oxygen atoms in total. The second-order valence-corrected chi connectivity index (χ2v) is 6.75. The summed E-state index contributed by atoms with van der Waals surface area (Å²) in [6.07, 6.45) is 2.89. The summed E-state index contributed by atoms with van der Waals surface area (Å²) in [6, 6.07) is 16.1. The van der Waals surface area contributed by atoms with Crippen LogP contribution in [-0.4, -0.2) is 27.7 Å². The van der Waals surface area contributed by atoms with Crippen LogP contribution in [0.1, 0.15) is 43.0 Å². The van der Waals surface area contributed by atoms with Gasteiger partial charge in [-0.3, -0.25) is 9.59 Å². The van der Waals surface area contributed by atoms with Crippen LogP contribution in [0.4, 0.5) is 0 Å². The Morgan fingerprint density at radius 3 is 2.33 bits per heavy atom. The lowest BCUT2D eigenvalue weighted by molar-refractivity contribution is -0.138. The molecule has 3 aromatic carbocycles. The van der Waals surface area contributed by atoms with Crippen molar-refractivity contribution in [2.45, 2.75) is 6.61 Å². The van der Waals surface area contributed by atoms with Gasteiger partial charge in [-0.25, -0.2) is 4.79 Å².